The van der Waals surface area contributed by atoms with Gasteiger partial charge in [-0.3, -0.25) is 9.59 Å². The van der Waals surface area contributed by atoms with E-state index in [-0.39, 0.29) is 0 Å². The van der Waals surface area contributed by atoms with Crippen LogP contribution in [0.1, 0.15) is 13.8 Å². The molecule has 0 aromatic rings. The summed E-state index contributed by atoms with van der Waals surface area (Å²) in [6.07, 6.45) is 3.54. The van der Waals surface area contributed by atoms with Gasteiger partial charge in [0.15, 0.2) is 5.60 Å². The molecule has 2 atom stereocenters. The molecular formula is C8H10O3. The monoisotopic (exact) mass is 154 g/mol. The number of ether oxygens (including phenoxy) is 1. The lowest BCUT2D eigenvalue weighted by Gasteiger charge is -2.07. The highest BCUT2D eigenvalue weighted by Crippen LogP contribution is 2.61. The fraction of sp³-hybridized carbons (Fsp3) is 0.750. The summed E-state index contributed by atoms with van der Waals surface area (Å²) in [4.78, 5) is 20.8. The van der Waals surface area contributed by atoms with Crippen molar-refractivity contribution in [3.63, 3.8) is 0 Å². The van der Waals surface area contributed by atoms with Crippen molar-refractivity contribution in [2.75, 3.05) is 7.11 Å². The third-order valence-electron chi connectivity index (χ3n) is 2.59. The van der Waals surface area contributed by atoms with Crippen LogP contribution in [0.5, 0.6) is 0 Å². The number of hydrogen-bond donors (Lipinski definition) is 0. The number of carbonyl (C=O) groups excluding carboxylic acids is 2. The second-order valence-corrected chi connectivity index (χ2v) is 3.31. The number of methoxy groups -OCH3 is 1. The molecule has 3 heteroatoms. The fourth-order valence-corrected chi connectivity index (χ4v) is 1.57. The zero-order chi connectivity index (χ0) is 8.70. The van der Waals surface area contributed by atoms with Gasteiger partial charge >= 0.3 is 0 Å². The molecule has 0 amide bonds. The van der Waals surface area contributed by atoms with E-state index in [1.54, 1.807) is 26.4 Å². The van der Waals surface area contributed by atoms with E-state index in [0.717, 1.165) is 0 Å². The molecule has 0 aromatic carbocycles. The largest absolute Gasteiger partial charge is 0.369 e. The third-order valence-corrected chi connectivity index (χ3v) is 2.59. The minimum Gasteiger partial charge on any atom is -0.369 e. The summed E-state index contributed by atoms with van der Waals surface area (Å²) in [5.74, 6) is -0.461. The van der Waals surface area contributed by atoms with Gasteiger partial charge in [0.05, 0.1) is 5.92 Å². The van der Waals surface area contributed by atoms with Crippen LogP contribution >= 0.6 is 0 Å². The van der Waals surface area contributed by atoms with Gasteiger partial charge < -0.3 is 4.74 Å². The first-order chi connectivity index (χ1) is 5.06. The lowest BCUT2D eigenvalue weighted by Crippen LogP contribution is -2.21. The van der Waals surface area contributed by atoms with E-state index in [2.05, 4.69) is 0 Å². The topological polar surface area (TPSA) is 43.4 Å². The van der Waals surface area contributed by atoms with Crippen LogP contribution in [-0.4, -0.2) is 25.3 Å². The van der Waals surface area contributed by atoms with Crippen LogP contribution in [0.3, 0.4) is 0 Å². The van der Waals surface area contributed by atoms with Crippen molar-refractivity contribution in [3.05, 3.63) is 0 Å². The molecule has 2 radical (unpaired) electrons. The van der Waals surface area contributed by atoms with Gasteiger partial charge in [0.1, 0.15) is 0 Å². The first-order valence-electron chi connectivity index (χ1n) is 3.39. The normalized spacial score (nSPS) is 39.7. The molecular weight excluding hydrogens is 144 g/mol. The minimum absolute atomic E-state index is 0.439. The minimum atomic E-state index is -1.03. The Morgan fingerprint density at radius 3 is 2.00 bits per heavy atom. The number of rotatable bonds is 3. The molecule has 0 bridgehead atoms. The average molecular weight is 154 g/mol. The van der Waals surface area contributed by atoms with E-state index in [1.807, 2.05) is 0 Å². The summed E-state index contributed by atoms with van der Waals surface area (Å²) >= 11 is 0. The Morgan fingerprint density at radius 2 is 1.91 bits per heavy atom. The Kier molecular flexibility index (Phi) is 1.63. The lowest BCUT2D eigenvalue weighted by molar-refractivity contribution is 0.0996. The van der Waals surface area contributed by atoms with Crippen molar-refractivity contribution in [1.29, 1.82) is 0 Å². The molecule has 1 fully saturated rings. The molecule has 11 heavy (non-hydrogen) atoms. The predicted molar refractivity (Wildman–Crippen MR) is 38.4 cm³/mol. The van der Waals surface area contributed by atoms with Gasteiger partial charge in [0.2, 0.25) is 12.6 Å². The van der Waals surface area contributed by atoms with Crippen molar-refractivity contribution >= 4 is 12.6 Å². The molecule has 0 aromatic heterocycles. The first kappa shape index (κ1) is 8.40. The average Bonchev–Trinajstić information content (AvgIpc) is 2.47. The smallest absolute Gasteiger partial charge is 0.234 e. The Balaban J connectivity index is 2.91. The maximum absolute atomic E-state index is 10.5. The predicted octanol–water partition coefficient (Wildman–Crippen LogP) is 0.247. The van der Waals surface area contributed by atoms with Gasteiger partial charge in [0.25, 0.3) is 0 Å². The van der Waals surface area contributed by atoms with E-state index in [0.29, 0.717) is 0 Å². The molecule has 0 saturated heterocycles. The second kappa shape index (κ2) is 2.14. The van der Waals surface area contributed by atoms with E-state index >= 15 is 0 Å². The van der Waals surface area contributed by atoms with Crippen molar-refractivity contribution in [1.82, 2.24) is 0 Å². The highest BCUT2D eigenvalue weighted by Gasteiger charge is 2.74. The van der Waals surface area contributed by atoms with Crippen LogP contribution in [0.2, 0.25) is 0 Å². The molecule has 3 nitrogen and oxygen atoms in total. The third kappa shape index (κ3) is 0.717. The zero-order valence-electron chi connectivity index (χ0n) is 6.80. The first-order valence-corrected chi connectivity index (χ1v) is 3.39. The van der Waals surface area contributed by atoms with E-state index in [4.69, 9.17) is 4.74 Å². The van der Waals surface area contributed by atoms with Gasteiger partial charge in [0, 0.05) is 12.5 Å². The maximum atomic E-state index is 10.5. The van der Waals surface area contributed by atoms with Gasteiger partial charge in [-0.25, -0.2) is 0 Å². The van der Waals surface area contributed by atoms with Gasteiger partial charge in [-0.1, -0.05) is 13.8 Å². The fourth-order valence-electron chi connectivity index (χ4n) is 1.57. The van der Waals surface area contributed by atoms with Crippen LogP contribution in [-0.2, 0) is 14.3 Å². The van der Waals surface area contributed by atoms with Gasteiger partial charge in [-0.2, -0.15) is 0 Å². The van der Waals surface area contributed by atoms with Crippen molar-refractivity contribution in [2.24, 2.45) is 11.3 Å². The van der Waals surface area contributed by atoms with E-state index < -0.39 is 16.9 Å². The molecule has 0 aliphatic heterocycles. The molecule has 1 rings (SSSR count). The summed E-state index contributed by atoms with van der Waals surface area (Å²) in [6.45, 7) is 3.58. The van der Waals surface area contributed by atoms with Crippen molar-refractivity contribution in [2.45, 2.75) is 19.4 Å². The Bertz CT molecular complexity index is 198. The van der Waals surface area contributed by atoms with Crippen molar-refractivity contribution < 1.29 is 14.3 Å². The molecule has 1 aliphatic rings. The summed E-state index contributed by atoms with van der Waals surface area (Å²) in [5.41, 5.74) is -1.47. The van der Waals surface area contributed by atoms with Gasteiger partial charge in [-0.05, 0) is 0 Å². The van der Waals surface area contributed by atoms with Crippen LogP contribution in [0.25, 0.3) is 0 Å². The summed E-state index contributed by atoms with van der Waals surface area (Å²) in [5, 5.41) is 0. The molecule has 0 N–H and O–H groups in total. The lowest BCUT2D eigenvalue weighted by atomic mass is 10.1. The zero-order valence-corrected chi connectivity index (χ0v) is 6.80. The standard InChI is InChI=1S/C8H10O3/c1-7(2)6(4-9)8(7,5-10)11-3/h6H,1-3H3. The number of hydrogen-bond acceptors (Lipinski definition) is 3. The maximum Gasteiger partial charge on any atom is 0.234 e. The molecule has 0 spiro atoms. The SMILES string of the molecule is COC1([C]=O)C([C]=O)C1(C)C. The van der Waals surface area contributed by atoms with Gasteiger partial charge in [-0.15, -0.1) is 0 Å². The Labute approximate surface area is 65.7 Å². The van der Waals surface area contributed by atoms with Crippen LogP contribution in [0.4, 0.5) is 0 Å². The van der Waals surface area contributed by atoms with Crippen LogP contribution in [0.15, 0.2) is 0 Å². The quantitative estimate of drug-likeness (QED) is 0.585. The second-order valence-electron chi connectivity index (χ2n) is 3.31. The molecule has 2 unspecified atom stereocenters. The summed E-state index contributed by atoms with van der Waals surface area (Å²) in [7, 11) is 1.41. The van der Waals surface area contributed by atoms with E-state index in [1.165, 1.54) is 7.11 Å². The molecule has 0 heterocycles. The molecule has 1 saturated carbocycles. The summed E-state index contributed by atoms with van der Waals surface area (Å²) in [6, 6.07) is 0. The van der Waals surface area contributed by atoms with Crippen LogP contribution < -0.4 is 0 Å². The summed E-state index contributed by atoms with van der Waals surface area (Å²) < 4.78 is 4.93. The highest BCUT2D eigenvalue weighted by atomic mass is 16.5. The Morgan fingerprint density at radius 1 is 1.36 bits per heavy atom. The highest BCUT2D eigenvalue weighted by molar-refractivity contribution is 5.83. The van der Waals surface area contributed by atoms with Crippen LogP contribution in [0, 0.1) is 11.3 Å². The van der Waals surface area contributed by atoms with E-state index in [9.17, 15) is 9.59 Å². The Hall–Kier alpha value is -0.700. The van der Waals surface area contributed by atoms with Crippen molar-refractivity contribution in [3.8, 4) is 0 Å². The molecule has 1 aliphatic carbocycles. The molecule has 60 valence electrons.